The Morgan fingerprint density at radius 2 is 2.24 bits per heavy atom. The largest absolute Gasteiger partial charge is 0.375 e. The van der Waals surface area contributed by atoms with Crippen molar-refractivity contribution in [2.45, 2.75) is 49.0 Å². The molecule has 0 bridgehead atoms. The Hall–Kier alpha value is -0.630. The van der Waals surface area contributed by atoms with Gasteiger partial charge in [-0.25, -0.2) is 8.42 Å². The van der Waals surface area contributed by atoms with Crippen LogP contribution in [-0.4, -0.2) is 32.6 Å². The lowest BCUT2D eigenvalue weighted by Crippen LogP contribution is -2.46. The van der Waals surface area contributed by atoms with Gasteiger partial charge in [0.1, 0.15) is 4.21 Å². The SMILES string of the molecule is CC1(C)CC(NC(=O)Cc2ccc(S(=O)(=O)Cl)s2)CCO1. The third-order valence-corrected chi connectivity index (χ3v) is 6.45. The molecule has 0 aliphatic carbocycles. The fraction of sp³-hybridized carbons (Fsp3) is 0.615. The van der Waals surface area contributed by atoms with Crippen molar-refractivity contribution in [3.63, 3.8) is 0 Å². The number of amides is 1. The number of halogens is 1. The number of carbonyl (C=O) groups is 1. The monoisotopic (exact) mass is 351 g/mol. The highest BCUT2D eigenvalue weighted by Crippen LogP contribution is 2.26. The van der Waals surface area contributed by atoms with E-state index in [0.717, 1.165) is 24.2 Å². The molecule has 1 aliphatic rings. The standard InChI is InChI=1S/C13H18ClNO4S2/c1-13(2)8-9(5-6-19-13)15-11(16)7-10-3-4-12(20-10)21(14,17)18/h3-4,9H,5-8H2,1-2H3,(H,15,16). The summed E-state index contributed by atoms with van der Waals surface area (Å²) in [5.74, 6) is -0.113. The average Bonchev–Trinajstić information content (AvgIpc) is 2.75. The molecule has 2 rings (SSSR count). The molecule has 8 heteroatoms. The molecule has 2 heterocycles. The summed E-state index contributed by atoms with van der Waals surface area (Å²) in [7, 11) is 1.55. The van der Waals surface area contributed by atoms with Crippen LogP contribution in [0.4, 0.5) is 0 Å². The predicted octanol–water partition coefficient (Wildman–Crippen LogP) is 2.29. The Kier molecular flexibility index (Phi) is 4.97. The van der Waals surface area contributed by atoms with Crippen molar-refractivity contribution in [3.8, 4) is 0 Å². The van der Waals surface area contributed by atoms with Gasteiger partial charge >= 0.3 is 0 Å². The van der Waals surface area contributed by atoms with Crippen LogP contribution in [0.2, 0.25) is 0 Å². The maximum Gasteiger partial charge on any atom is 0.270 e. The van der Waals surface area contributed by atoms with Crippen molar-refractivity contribution in [2.75, 3.05) is 6.61 Å². The minimum atomic E-state index is -3.72. The minimum Gasteiger partial charge on any atom is -0.375 e. The second-order valence-electron chi connectivity index (χ2n) is 5.70. The first-order valence-electron chi connectivity index (χ1n) is 6.62. The average molecular weight is 352 g/mol. The van der Waals surface area contributed by atoms with Gasteiger partial charge in [0.15, 0.2) is 0 Å². The van der Waals surface area contributed by atoms with Crippen LogP contribution < -0.4 is 5.32 Å². The van der Waals surface area contributed by atoms with Crippen LogP contribution in [0.15, 0.2) is 16.3 Å². The highest BCUT2D eigenvalue weighted by Gasteiger charge is 2.29. The van der Waals surface area contributed by atoms with Crippen LogP contribution in [0.3, 0.4) is 0 Å². The van der Waals surface area contributed by atoms with Crippen molar-refractivity contribution in [2.24, 2.45) is 0 Å². The quantitative estimate of drug-likeness (QED) is 0.845. The van der Waals surface area contributed by atoms with Gasteiger partial charge in [0, 0.05) is 28.2 Å². The van der Waals surface area contributed by atoms with E-state index in [2.05, 4.69) is 5.32 Å². The van der Waals surface area contributed by atoms with Crippen molar-refractivity contribution < 1.29 is 17.9 Å². The molecule has 1 atom stereocenters. The summed E-state index contributed by atoms with van der Waals surface area (Å²) in [6.45, 7) is 4.63. The molecular weight excluding hydrogens is 334 g/mol. The van der Waals surface area contributed by atoms with E-state index in [4.69, 9.17) is 15.4 Å². The van der Waals surface area contributed by atoms with Gasteiger partial charge in [-0.05, 0) is 38.8 Å². The lowest BCUT2D eigenvalue weighted by molar-refractivity contribution is -0.123. The first-order chi connectivity index (χ1) is 9.66. The number of nitrogens with one attached hydrogen (secondary N) is 1. The third kappa shape index (κ3) is 4.95. The van der Waals surface area contributed by atoms with E-state index in [1.54, 1.807) is 6.07 Å². The van der Waals surface area contributed by atoms with E-state index >= 15 is 0 Å². The lowest BCUT2D eigenvalue weighted by atomic mass is 9.94. The number of carbonyl (C=O) groups excluding carboxylic acids is 1. The molecule has 0 spiro atoms. The van der Waals surface area contributed by atoms with Crippen molar-refractivity contribution >= 4 is 37.0 Å². The summed E-state index contributed by atoms with van der Waals surface area (Å²) in [5.41, 5.74) is -0.223. The van der Waals surface area contributed by atoms with Gasteiger partial charge in [-0.2, -0.15) is 0 Å². The highest BCUT2D eigenvalue weighted by molar-refractivity contribution is 8.15. The van der Waals surface area contributed by atoms with Crippen molar-refractivity contribution in [1.82, 2.24) is 5.32 Å². The van der Waals surface area contributed by atoms with Crippen molar-refractivity contribution in [3.05, 3.63) is 17.0 Å². The molecule has 1 saturated heterocycles. The maximum absolute atomic E-state index is 12.0. The van der Waals surface area contributed by atoms with Crippen LogP contribution in [0.5, 0.6) is 0 Å². The zero-order valence-electron chi connectivity index (χ0n) is 11.9. The van der Waals surface area contributed by atoms with Crippen LogP contribution in [0.1, 0.15) is 31.6 Å². The Labute approximate surface area is 133 Å². The van der Waals surface area contributed by atoms with Gasteiger partial charge in [-0.15, -0.1) is 11.3 Å². The molecule has 1 fully saturated rings. The minimum absolute atomic E-state index is 0.0687. The summed E-state index contributed by atoms with van der Waals surface area (Å²) in [6.07, 6.45) is 1.72. The second kappa shape index (κ2) is 6.24. The van der Waals surface area contributed by atoms with E-state index in [9.17, 15) is 13.2 Å². The summed E-state index contributed by atoms with van der Waals surface area (Å²) >= 11 is 1.02. The topological polar surface area (TPSA) is 72.5 Å². The first-order valence-corrected chi connectivity index (χ1v) is 9.75. The summed E-state index contributed by atoms with van der Waals surface area (Å²) < 4.78 is 28.0. The molecule has 118 valence electrons. The van der Waals surface area contributed by atoms with Gasteiger partial charge in [0.05, 0.1) is 12.0 Å². The van der Waals surface area contributed by atoms with E-state index < -0.39 is 9.05 Å². The van der Waals surface area contributed by atoms with Gasteiger partial charge in [0.25, 0.3) is 9.05 Å². The first kappa shape index (κ1) is 16.7. The number of rotatable bonds is 4. The molecule has 1 aliphatic heterocycles. The number of hydrogen-bond donors (Lipinski definition) is 1. The van der Waals surface area contributed by atoms with Gasteiger partial charge in [0.2, 0.25) is 5.91 Å². The van der Waals surface area contributed by atoms with Gasteiger partial charge < -0.3 is 10.1 Å². The molecule has 1 aromatic rings. The molecule has 1 aromatic heterocycles. The van der Waals surface area contributed by atoms with Gasteiger partial charge in [-0.1, -0.05) is 0 Å². The Balaban J connectivity index is 1.91. The van der Waals surface area contributed by atoms with Crippen LogP contribution in [0.25, 0.3) is 0 Å². The molecule has 21 heavy (non-hydrogen) atoms. The second-order valence-corrected chi connectivity index (χ2v) is 9.66. The Bertz CT molecular complexity index is 624. The zero-order chi connectivity index (χ0) is 15.7. The summed E-state index contributed by atoms with van der Waals surface area (Å²) in [4.78, 5) is 12.7. The molecule has 1 unspecified atom stereocenters. The van der Waals surface area contributed by atoms with Gasteiger partial charge in [-0.3, -0.25) is 4.79 Å². The lowest BCUT2D eigenvalue weighted by Gasteiger charge is -2.35. The molecule has 5 nitrogen and oxygen atoms in total. The summed E-state index contributed by atoms with van der Waals surface area (Å²) in [5, 5.41) is 2.98. The zero-order valence-corrected chi connectivity index (χ0v) is 14.3. The molecule has 0 saturated carbocycles. The fourth-order valence-corrected chi connectivity index (χ4v) is 4.50. The van der Waals surface area contributed by atoms with Crippen molar-refractivity contribution in [1.29, 1.82) is 0 Å². The van der Waals surface area contributed by atoms with Crippen LogP contribution in [-0.2, 0) is 25.0 Å². The summed E-state index contributed by atoms with van der Waals surface area (Å²) in [6, 6.07) is 3.14. The molecule has 0 radical (unpaired) electrons. The highest BCUT2D eigenvalue weighted by atomic mass is 35.7. The molecular formula is C13H18ClNO4S2. The fourth-order valence-electron chi connectivity index (χ4n) is 2.38. The molecule has 1 N–H and O–H groups in total. The Morgan fingerprint density at radius 3 is 2.81 bits per heavy atom. The van der Waals surface area contributed by atoms with Crippen LogP contribution >= 0.6 is 22.0 Å². The number of thiophene rings is 1. The van der Waals surface area contributed by atoms with E-state index in [1.165, 1.54) is 6.07 Å². The number of hydrogen-bond acceptors (Lipinski definition) is 5. The van der Waals surface area contributed by atoms with E-state index in [1.807, 2.05) is 13.8 Å². The number of ether oxygens (including phenoxy) is 1. The third-order valence-electron chi connectivity index (χ3n) is 3.27. The van der Waals surface area contributed by atoms with Crippen LogP contribution in [0, 0.1) is 0 Å². The normalized spacial score (nSPS) is 22.0. The van der Waals surface area contributed by atoms with E-state index in [-0.39, 0.29) is 28.2 Å². The molecule has 0 aromatic carbocycles. The molecule has 1 amide bonds. The smallest absolute Gasteiger partial charge is 0.270 e. The Morgan fingerprint density at radius 1 is 1.52 bits per heavy atom. The van der Waals surface area contributed by atoms with E-state index in [0.29, 0.717) is 11.5 Å². The maximum atomic E-state index is 12.0. The predicted molar refractivity (Wildman–Crippen MR) is 82.3 cm³/mol.